The highest BCUT2D eigenvalue weighted by Gasteiger charge is 2.42. The van der Waals surface area contributed by atoms with Crippen LogP contribution in [0.5, 0.6) is 0 Å². The van der Waals surface area contributed by atoms with Crippen molar-refractivity contribution in [1.82, 2.24) is 14.7 Å². The first-order valence-electron chi connectivity index (χ1n) is 8.14. The number of carbonyl (C=O) groups is 1. The van der Waals surface area contributed by atoms with Gasteiger partial charge in [0, 0.05) is 17.6 Å². The summed E-state index contributed by atoms with van der Waals surface area (Å²) in [5, 5.41) is 4.19. The maximum absolute atomic E-state index is 12.5. The van der Waals surface area contributed by atoms with Crippen LogP contribution in [0.15, 0.2) is 12.3 Å². The highest BCUT2D eigenvalue weighted by atomic mass is 32.1. The smallest absolute Gasteiger partial charge is 0.253 e. The predicted octanol–water partition coefficient (Wildman–Crippen LogP) is 3.55. The van der Waals surface area contributed by atoms with Crippen molar-refractivity contribution in [2.75, 3.05) is 0 Å². The fraction of sp³-hybridized carbons (Fsp3) is 0.588. The fourth-order valence-electron chi connectivity index (χ4n) is 4.37. The van der Waals surface area contributed by atoms with E-state index in [1.807, 2.05) is 13.0 Å². The quantitative estimate of drug-likeness (QED) is 0.942. The van der Waals surface area contributed by atoms with Crippen molar-refractivity contribution in [3.63, 3.8) is 0 Å². The Labute approximate surface area is 134 Å². The Balaban J connectivity index is 1.49. The molecule has 2 heterocycles. The molecule has 2 aliphatic rings. The molecule has 2 aromatic rings. The molecule has 0 radical (unpaired) electrons. The van der Waals surface area contributed by atoms with Crippen LogP contribution >= 0.6 is 11.5 Å². The van der Waals surface area contributed by atoms with Gasteiger partial charge in [-0.25, -0.2) is 4.98 Å². The SMILES string of the molecule is Cc1nsc2ncc(C(=O)NC(C)C3CC4CCC3C4)cc12. The minimum Gasteiger partial charge on any atom is -0.349 e. The summed E-state index contributed by atoms with van der Waals surface area (Å²) in [7, 11) is 0. The van der Waals surface area contributed by atoms with Crippen molar-refractivity contribution in [3.8, 4) is 0 Å². The Hall–Kier alpha value is -1.49. The van der Waals surface area contributed by atoms with Crippen LogP contribution in [0.1, 0.15) is 48.7 Å². The van der Waals surface area contributed by atoms with Crippen LogP contribution in [0.25, 0.3) is 10.2 Å². The Kier molecular flexibility index (Phi) is 3.40. The van der Waals surface area contributed by atoms with Crippen molar-refractivity contribution in [2.24, 2.45) is 17.8 Å². The molecule has 0 saturated heterocycles. The number of nitrogens with zero attached hydrogens (tertiary/aromatic N) is 2. The van der Waals surface area contributed by atoms with Crippen molar-refractivity contribution >= 4 is 27.7 Å². The Morgan fingerprint density at radius 2 is 2.27 bits per heavy atom. The van der Waals surface area contributed by atoms with Gasteiger partial charge in [-0.05, 0) is 68.5 Å². The first-order chi connectivity index (χ1) is 10.6. The molecule has 4 rings (SSSR count). The van der Waals surface area contributed by atoms with E-state index in [0.29, 0.717) is 11.5 Å². The van der Waals surface area contributed by atoms with Crippen molar-refractivity contribution in [1.29, 1.82) is 0 Å². The minimum absolute atomic E-state index is 0.00438. The zero-order valence-electron chi connectivity index (χ0n) is 13.0. The number of fused-ring (bicyclic) bond motifs is 3. The zero-order chi connectivity index (χ0) is 15.3. The maximum atomic E-state index is 12.5. The number of amides is 1. The van der Waals surface area contributed by atoms with Gasteiger partial charge in [-0.3, -0.25) is 4.79 Å². The number of aryl methyl sites for hydroxylation is 1. The highest BCUT2D eigenvalue weighted by molar-refractivity contribution is 7.12. The second-order valence-electron chi connectivity index (χ2n) is 6.95. The molecule has 4 unspecified atom stereocenters. The monoisotopic (exact) mass is 315 g/mol. The topological polar surface area (TPSA) is 54.9 Å². The van der Waals surface area contributed by atoms with Crippen molar-refractivity contribution in [3.05, 3.63) is 23.5 Å². The standard InChI is InChI=1S/C17H21N3OS/c1-9(14-6-11-3-4-12(14)5-11)19-16(21)13-7-15-10(2)20-22-17(15)18-8-13/h7-9,11-12,14H,3-6H2,1-2H3,(H,19,21). The van der Waals surface area contributed by atoms with Crippen molar-refractivity contribution in [2.45, 2.75) is 45.6 Å². The second-order valence-corrected chi connectivity index (χ2v) is 7.70. The maximum Gasteiger partial charge on any atom is 0.253 e. The Morgan fingerprint density at radius 3 is 3.00 bits per heavy atom. The average Bonchev–Trinajstić information content (AvgIpc) is 3.23. The first-order valence-corrected chi connectivity index (χ1v) is 8.92. The molecule has 5 heteroatoms. The lowest BCUT2D eigenvalue weighted by Crippen LogP contribution is -2.40. The van der Waals surface area contributed by atoms with Gasteiger partial charge >= 0.3 is 0 Å². The van der Waals surface area contributed by atoms with Crippen LogP contribution < -0.4 is 5.32 Å². The first kappa shape index (κ1) is 14.1. The normalized spacial score (nSPS) is 28.2. The molecule has 0 aliphatic heterocycles. The molecule has 0 aromatic carbocycles. The van der Waals surface area contributed by atoms with Crippen LogP contribution in [0, 0.1) is 24.7 Å². The van der Waals surface area contributed by atoms with E-state index in [4.69, 9.17) is 0 Å². The van der Waals surface area contributed by atoms with Gasteiger partial charge < -0.3 is 5.32 Å². The van der Waals surface area contributed by atoms with E-state index in [0.717, 1.165) is 27.7 Å². The molecule has 2 aromatic heterocycles. The van der Waals surface area contributed by atoms with Crippen LogP contribution in [-0.2, 0) is 0 Å². The number of rotatable bonds is 3. The Morgan fingerprint density at radius 1 is 1.41 bits per heavy atom. The minimum atomic E-state index is -0.00438. The van der Waals surface area contributed by atoms with E-state index in [9.17, 15) is 4.79 Å². The lowest BCUT2D eigenvalue weighted by atomic mass is 9.84. The summed E-state index contributed by atoms with van der Waals surface area (Å²) in [6.07, 6.45) is 7.08. The van der Waals surface area contributed by atoms with Gasteiger partial charge in [-0.2, -0.15) is 4.37 Å². The Bertz CT molecular complexity index is 726. The number of aromatic nitrogens is 2. The predicted molar refractivity (Wildman–Crippen MR) is 88.0 cm³/mol. The molecule has 1 amide bonds. The van der Waals surface area contributed by atoms with E-state index in [1.165, 1.54) is 37.2 Å². The van der Waals surface area contributed by atoms with Crippen LogP contribution in [0.4, 0.5) is 0 Å². The molecule has 2 bridgehead atoms. The average molecular weight is 315 g/mol. The molecular formula is C17H21N3OS. The molecule has 2 aliphatic carbocycles. The third kappa shape index (κ3) is 2.32. The molecule has 2 saturated carbocycles. The van der Waals surface area contributed by atoms with Crippen LogP contribution in [0.3, 0.4) is 0 Å². The molecule has 0 spiro atoms. The molecule has 116 valence electrons. The number of hydrogen-bond acceptors (Lipinski definition) is 4. The number of nitrogens with one attached hydrogen (secondary N) is 1. The largest absolute Gasteiger partial charge is 0.349 e. The number of carbonyl (C=O) groups excluding carboxylic acids is 1. The summed E-state index contributed by atoms with van der Waals surface area (Å²) in [6.45, 7) is 4.12. The van der Waals surface area contributed by atoms with Gasteiger partial charge in [0.2, 0.25) is 0 Å². The summed E-state index contributed by atoms with van der Waals surface area (Å²) in [5.74, 6) is 2.38. The second kappa shape index (κ2) is 5.30. The van der Waals surface area contributed by atoms with Gasteiger partial charge in [-0.15, -0.1) is 0 Å². The third-order valence-corrected chi connectivity index (χ3v) is 6.43. The molecule has 4 atom stereocenters. The van der Waals surface area contributed by atoms with Gasteiger partial charge in [-0.1, -0.05) is 6.42 Å². The molecule has 4 nitrogen and oxygen atoms in total. The summed E-state index contributed by atoms with van der Waals surface area (Å²) >= 11 is 1.38. The van der Waals surface area contributed by atoms with E-state index in [1.54, 1.807) is 6.20 Å². The van der Waals surface area contributed by atoms with Gasteiger partial charge in [0.05, 0.1) is 11.3 Å². The van der Waals surface area contributed by atoms with E-state index in [-0.39, 0.29) is 11.9 Å². The lowest BCUT2D eigenvalue weighted by Gasteiger charge is -2.28. The van der Waals surface area contributed by atoms with Gasteiger partial charge in [0.15, 0.2) is 0 Å². The van der Waals surface area contributed by atoms with Crippen LogP contribution in [-0.4, -0.2) is 21.3 Å². The van der Waals surface area contributed by atoms with Gasteiger partial charge in [0.25, 0.3) is 5.91 Å². The third-order valence-electron chi connectivity index (χ3n) is 5.57. The summed E-state index contributed by atoms with van der Waals surface area (Å²) < 4.78 is 4.29. The van der Waals surface area contributed by atoms with Gasteiger partial charge in [0.1, 0.15) is 4.83 Å². The summed E-state index contributed by atoms with van der Waals surface area (Å²) in [5.41, 5.74) is 1.59. The molecular weight excluding hydrogens is 294 g/mol. The van der Waals surface area contributed by atoms with Crippen LogP contribution in [0.2, 0.25) is 0 Å². The van der Waals surface area contributed by atoms with E-state index >= 15 is 0 Å². The van der Waals surface area contributed by atoms with E-state index in [2.05, 4.69) is 21.6 Å². The van der Waals surface area contributed by atoms with Crippen molar-refractivity contribution < 1.29 is 4.79 Å². The lowest BCUT2D eigenvalue weighted by molar-refractivity contribution is 0.0915. The zero-order valence-corrected chi connectivity index (χ0v) is 13.8. The number of hydrogen-bond donors (Lipinski definition) is 1. The summed E-state index contributed by atoms with van der Waals surface area (Å²) in [4.78, 5) is 17.8. The summed E-state index contributed by atoms with van der Waals surface area (Å²) in [6, 6.07) is 2.17. The molecule has 2 fully saturated rings. The fourth-order valence-corrected chi connectivity index (χ4v) is 5.10. The molecule has 22 heavy (non-hydrogen) atoms. The molecule has 1 N–H and O–H groups in total. The van der Waals surface area contributed by atoms with E-state index < -0.39 is 0 Å². The highest BCUT2D eigenvalue weighted by Crippen LogP contribution is 2.49. The number of pyridine rings is 1.